The first-order valence-corrected chi connectivity index (χ1v) is 14.8. The number of aryl methyl sites for hydroxylation is 1. The van der Waals surface area contributed by atoms with Crippen LogP contribution in [0.4, 0.5) is 0 Å². The van der Waals surface area contributed by atoms with Crippen LogP contribution in [0.15, 0.2) is 70.6 Å². The van der Waals surface area contributed by atoms with Crippen LogP contribution in [0.1, 0.15) is 75.5 Å². The lowest BCUT2D eigenvalue weighted by atomic mass is 9.81. The van der Waals surface area contributed by atoms with Crippen molar-refractivity contribution in [1.29, 1.82) is 0 Å². The van der Waals surface area contributed by atoms with Crippen molar-refractivity contribution in [2.75, 3.05) is 0 Å². The zero-order valence-electron chi connectivity index (χ0n) is 22.4. The van der Waals surface area contributed by atoms with Gasteiger partial charge in [0.2, 0.25) is 0 Å². The molecular formula is C35H35NS. The van der Waals surface area contributed by atoms with Gasteiger partial charge in [0.05, 0.1) is 5.69 Å². The van der Waals surface area contributed by atoms with E-state index in [9.17, 15) is 0 Å². The number of nitrogens with zero attached hydrogens (tertiary/aromatic N) is 1. The number of hydrogen-bond donors (Lipinski definition) is 0. The van der Waals surface area contributed by atoms with Crippen molar-refractivity contribution >= 4 is 44.1 Å². The van der Waals surface area contributed by atoms with Gasteiger partial charge in [0, 0.05) is 26.9 Å². The van der Waals surface area contributed by atoms with E-state index < -0.39 is 0 Å². The van der Waals surface area contributed by atoms with Crippen LogP contribution in [-0.2, 0) is 6.42 Å². The summed E-state index contributed by atoms with van der Waals surface area (Å²) in [6, 6.07) is 21.1. The van der Waals surface area contributed by atoms with E-state index in [0.717, 1.165) is 6.42 Å². The van der Waals surface area contributed by atoms with E-state index in [1.54, 1.807) is 5.56 Å². The molecule has 186 valence electrons. The molecule has 0 spiro atoms. The third-order valence-corrected chi connectivity index (χ3v) is 9.66. The summed E-state index contributed by atoms with van der Waals surface area (Å²) in [7, 11) is 0. The Morgan fingerprint density at radius 3 is 2.51 bits per heavy atom. The van der Waals surface area contributed by atoms with Crippen LogP contribution in [0.2, 0.25) is 0 Å². The minimum absolute atomic E-state index is 0.200. The number of benzene rings is 4. The molecule has 0 N–H and O–H groups in total. The van der Waals surface area contributed by atoms with Crippen molar-refractivity contribution in [2.24, 2.45) is 5.41 Å². The second kappa shape index (κ2) is 8.60. The molecule has 7 rings (SSSR count). The Kier molecular flexibility index (Phi) is 5.41. The van der Waals surface area contributed by atoms with E-state index in [4.69, 9.17) is 4.98 Å². The van der Waals surface area contributed by atoms with Crippen LogP contribution < -0.4 is 0 Å². The Morgan fingerprint density at radius 2 is 1.70 bits per heavy atom. The molecule has 1 fully saturated rings. The lowest BCUT2D eigenvalue weighted by Crippen LogP contribution is -2.12. The summed E-state index contributed by atoms with van der Waals surface area (Å²) in [4.78, 5) is 7.85. The summed E-state index contributed by atoms with van der Waals surface area (Å²) >= 11 is 1.98. The van der Waals surface area contributed by atoms with Crippen molar-refractivity contribution in [1.82, 2.24) is 4.98 Å². The average Bonchev–Trinajstić information content (AvgIpc) is 2.88. The van der Waals surface area contributed by atoms with Crippen molar-refractivity contribution in [3.63, 3.8) is 0 Å². The molecule has 2 aliphatic rings. The van der Waals surface area contributed by atoms with Gasteiger partial charge in [0.15, 0.2) is 0 Å². The molecule has 0 bridgehead atoms. The number of hydrogen-bond acceptors (Lipinski definition) is 2. The zero-order chi connectivity index (χ0) is 25.3. The Labute approximate surface area is 224 Å². The molecule has 1 saturated carbocycles. The van der Waals surface area contributed by atoms with Crippen LogP contribution in [0.25, 0.3) is 43.6 Å². The van der Waals surface area contributed by atoms with Gasteiger partial charge in [0.25, 0.3) is 0 Å². The molecule has 4 aromatic carbocycles. The van der Waals surface area contributed by atoms with Crippen molar-refractivity contribution in [3.05, 3.63) is 77.5 Å². The summed E-state index contributed by atoms with van der Waals surface area (Å²) in [5.41, 5.74) is 7.03. The van der Waals surface area contributed by atoms with E-state index in [-0.39, 0.29) is 5.41 Å². The molecule has 0 atom stereocenters. The Bertz CT molecular complexity index is 1700. The Balaban J connectivity index is 1.55. The highest BCUT2D eigenvalue weighted by molar-refractivity contribution is 8.00. The predicted molar refractivity (Wildman–Crippen MR) is 160 cm³/mol. The summed E-state index contributed by atoms with van der Waals surface area (Å²) in [5.74, 6) is 0.677. The van der Waals surface area contributed by atoms with Gasteiger partial charge in [-0.05, 0) is 93.8 Å². The highest BCUT2D eigenvalue weighted by Gasteiger charge is 2.28. The van der Waals surface area contributed by atoms with Crippen LogP contribution in [0, 0.1) is 12.3 Å². The van der Waals surface area contributed by atoms with Gasteiger partial charge in [-0.3, -0.25) is 4.98 Å². The number of pyridine rings is 1. The van der Waals surface area contributed by atoms with Gasteiger partial charge in [-0.2, -0.15) is 0 Å². The fraction of sp³-hybridized carbons (Fsp3) is 0.343. The molecule has 1 aliphatic carbocycles. The van der Waals surface area contributed by atoms with E-state index in [0.29, 0.717) is 5.92 Å². The monoisotopic (exact) mass is 501 g/mol. The van der Waals surface area contributed by atoms with Gasteiger partial charge < -0.3 is 0 Å². The molecule has 0 radical (unpaired) electrons. The SMILES string of the molecule is Cc1ccc2c(CC(C)(C)C)c3c(cc2c1)-c1nccc2c1c(cc1cccc(C4CCCCC4)c12)S3. The molecule has 2 heterocycles. The van der Waals surface area contributed by atoms with Crippen LogP contribution in [0.5, 0.6) is 0 Å². The molecular weight excluding hydrogens is 466 g/mol. The quantitative estimate of drug-likeness (QED) is 0.219. The summed E-state index contributed by atoms with van der Waals surface area (Å²) in [6.07, 6.45) is 9.85. The predicted octanol–water partition coefficient (Wildman–Crippen LogP) is 10.6. The summed E-state index contributed by atoms with van der Waals surface area (Å²) in [6.45, 7) is 9.26. The molecule has 0 unspecified atom stereocenters. The van der Waals surface area contributed by atoms with Crippen molar-refractivity contribution < 1.29 is 0 Å². The first kappa shape index (κ1) is 23.3. The summed E-state index contributed by atoms with van der Waals surface area (Å²) in [5, 5.41) is 8.31. The summed E-state index contributed by atoms with van der Waals surface area (Å²) < 4.78 is 0. The minimum Gasteiger partial charge on any atom is -0.256 e. The average molecular weight is 502 g/mol. The Hall–Kier alpha value is -2.84. The number of fused-ring (bicyclic) bond motifs is 5. The lowest BCUT2D eigenvalue weighted by Gasteiger charge is -2.28. The fourth-order valence-corrected chi connectivity index (χ4v) is 8.17. The standard InChI is InChI=1S/C35H35NS/c1-21-13-14-25-24(17-21)18-28-33-32-27(15-16-36-33)31-23(11-8-12-26(31)22-9-6-5-7-10-22)19-30(32)37-34(28)29(25)20-35(2,3)4/h8,11-19,22H,5-7,9-10,20H2,1-4H3. The van der Waals surface area contributed by atoms with Crippen LogP contribution in [-0.4, -0.2) is 4.98 Å². The van der Waals surface area contributed by atoms with E-state index in [1.165, 1.54) is 96.6 Å². The molecule has 5 aromatic rings. The second-order valence-electron chi connectivity index (χ2n) is 12.5. The Morgan fingerprint density at radius 1 is 0.865 bits per heavy atom. The van der Waals surface area contributed by atoms with Crippen LogP contribution in [0.3, 0.4) is 0 Å². The molecule has 2 heteroatoms. The molecule has 1 aromatic heterocycles. The number of aromatic nitrogens is 1. The van der Waals surface area contributed by atoms with Crippen LogP contribution >= 0.6 is 11.8 Å². The van der Waals surface area contributed by atoms with E-state index in [1.807, 2.05) is 11.8 Å². The third kappa shape index (κ3) is 3.87. The molecule has 1 aliphatic heterocycles. The smallest absolute Gasteiger partial charge is 0.0803 e. The fourth-order valence-electron chi connectivity index (χ4n) is 6.88. The molecule has 1 nitrogen and oxygen atoms in total. The second-order valence-corrected chi connectivity index (χ2v) is 13.6. The lowest BCUT2D eigenvalue weighted by molar-refractivity contribution is 0.410. The van der Waals surface area contributed by atoms with Gasteiger partial charge in [-0.15, -0.1) is 0 Å². The van der Waals surface area contributed by atoms with Gasteiger partial charge in [0.1, 0.15) is 0 Å². The minimum atomic E-state index is 0.200. The van der Waals surface area contributed by atoms with E-state index >= 15 is 0 Å². The zero-order valence-corrected chi connectivity index (χ0v) is 23.3. The van der Waals surface area contributed by atoms with Crippen molar-refractivity contribution in [2.45, 2.75) is 81.9 Å². The largest absolute Gasteiger partial charge is 0.256 e. The van der Waals surface area contributed by atoms with E-state index in [2.05, 4.69) is 88.5 Å². The first-order chi connectivity index (χ1) is 17.9. The molecule has 37 heavy (non-hydrogen) atoms. The number of rotatable bonds is 2. The first-order valence-electron chi connectivity index (χ1n) is 14.0. The topological polar surface area (TPSA) is 12.9 Å². The maximum absolute atomic E-state index is 5.08. The normalized spacial score (nSPS) is 16.0. The highest BCUT2D eigenvalue weighted by atomic mass is 32.2. The van der Waals surface area contributed by atoms with Gasteiger partial charge in [-0.1, -0.05) is 93.8 Å². The third-order valence-electron chi connectivity index (χ3n) is 8.45. The van der Waals surface area contributed by atoms with Crippen molar-refractivity contribution in [3.8, 4) is 11.3 Å². The maximum atomic E-state index is 5.08. The highest BCUT2D eigenvalue weighted by Crippen LogP contribution is 2.53. The molecule has 0 amide bonds. The van der Waals surface area contributed by atoms with Gasteiger partial charge in [-0.25, -0.2) is 0 Å². The maximum Gasteiger partial charge on any atom is 0.0803 e. The molecule has 0 saturated heterocycles. The van der Waals surface area contributed by atoms with Gasteiger partial charge >= 0.3 is 0 Å².